The highest BCUT2D eigenvalue weighted by Crippen LogP contribution is 2.29. The van der Waals surface area contributed by atoms with E-state index in [1.807, 2.05) is 0 Å². The summed E-state index contributed by atoms with van der Waals surface area (Å²) in [5, 5.41) is 3.57. The fourth-order valence-electron chi connectivity index (χ4n) is 0.972. The first kappa shape index (κ1) is 7.81. The third-order valence-electron chi connectivity index (χ3n) is 1.60. The molecule has 5 heteroatoms. The summed E-state index contributed by atoms with van der Waals surface area (Å²) < 4.78 is 35.6. The maximum atomic E-state index is 11.9. The average molecular weight is 153 g/mol. The first-order chi connectivity index (χ1) is 4.52. The third kappa shape index (κ3) is 1.41. The van der Waals surface area contributed by atoms with Crippen LogP contribution in [0.25, 0.3) is 0 Å². The number of hydrogen-bond donors (Lipinski definition) is 1. The van der Waals surface area contributed by atoms with Crippen molar-refractivity contribution in [3.8, 4) is 0 Å². The molecule has 0 bridgehead atoms. The highest BCUT2D eigenvalue weighted by Gasteiger charge is 2.46. The Labute approximate surface area is 56.6 Å². The van der Waals surface area contributed by atoms with Crippen molar-refractivity contribution in [3.05, 3.63) is 0 Å². The van der Waals surface area contributed by atoms with Gasteiger partial charge in [0.2, 0.25) is 0 Å². The Morgan fingerprint density at radius 3 is 2.10 bits per heavy atom. The molecule has 0 aliphatic carbocycles. The number of nitrogens with zero attached hydrogens (tertiary/aromatic N) is 1. The smallest absolute Gasteiger partial charge is 0.326 e. The molecule has 59 valence electrons. The molecular formula is C5H8F3N2. The van der Waals surface area contributed by atoms with E-state index in [-0.39, 0.29) is 13.1 Å². The van der Waals surface area contributed by atoms with E-state index in [1.54, 1.807) is 0 Å². The molecule has 1 aliphatic rings. The van der Waals surface area contributed by atoms with Crippen molar-refractivity contribution >= 4 is 0 Å². The fraction of sp³-hybridized carbons (Fsp3) is 1.00. The van der Waals surface area contributed by atoms with Gasteiger partial charge in [-0.3, -0.25) is 0 Å². The predicted molar refractivity (Wildman–Crippen MR) is 29.4 cm³/mol. The van der Waals surface area contributed by atoms with Crippen molar-refractivity contribution in [2.75, 3.05) is 13.1 Å². The molecule has 0 aromatic heterocycles. The summed E-state index contributed by atoms with van der Waals surface area (Å²) >= 11 is 0. The van der Waals surface area contributed by atoms with Crippen LogP contribution in [0.5, 0.6) is 0 Å². The Kier molecular flexibility index (Phi) is 1.87. The summed E-state index contributed by atoms with van der Waals surface area (Å²) in [6.45, 7) is -0.0190. The van der Waals surface area contributed by atoms with Crippen LogP contribution in [0, 0.1) is 5.92 Å². The molecule has 1 fully saturated rings. The van der Waals surface area contributed by atoms with Crippen LogP contribution in [0.1, 0.15) is 0 Å². The van der Waals surface area contributed by atoms with Crippen molar-refractivity contribution in [1.29, 1.82) is 0 Å². The van der Waals surface area contributed by atoms with E-state index < -0.39 is 18.1 Å². The lowest BCUT2D eigenvalue weighted by Crippen LogP contribution is -2.38. The lowest BCUT2D eigenvalue weighted by molar-refractivity contribution is -0.171. The minimum atomic E-state index is -4.17. The number of hydrogen-bond acceptors (Lipinski definition) is 1. The quantitative estimate of drug-likeness (QED) is 0.527. The highest BCUT2D eigenvalue weighted by molar-refractivity contribution is 4.87. The van der Waals surface area contributed by atoms with Gasteiger partial charge in [0.15, 0.2) is 0 Å². The van der Waals surface area contributed by atoms with Gasteiger partial charge in [0.25, 0.3) is 0 Å². The summed E-state index contributed by atoms with van der Waals surface area (Å²) in [7, 11) is 0. The summed E-state index contributed by atoms with van der Waals surface area (Å²) in [6, 6.07) is -0.819. The van der Waals surface area contributed by atoms with Gasteiger partial charge in [0.1, 0.15) is 0 Å². The van der Waals surface area contributed by atoms with E-state index in [2.05, 4.69) is 5.32 Å². The zero-order valence-corrected chi connectivity index (χ0v) is 5.23. The molecule has 0 spiro atoms. The standard InChI is InChI=1S/C5H8F3N2/c6-5(7,8)3-1-10-2-4(3)9/h3-4H,1-2,9H2. The van der Waals surface area contributed by atoms with Gasteiger partial charge in [-0.2, -0.15) is 13.2 Å². The summed E-state index contributed by atoms with van der Waals surface area (Å²) in [6.07, 6.45) is -4.17. The molecular weight excluding hydrogens is 145 g/mol. The zero-order chi connectivity index (χ0) is 7.78. The minimum absolute atomic E-state index is 0.143. The van der Waals surface area contributed by atoms with E-state index in [9.17, 15) is 13.2 Å². The fourth-order valence-corrected chi connectivity index (χ4v) is 0.972. The van der Waals surface area contributed by atoms with E-state index in [0.717, 1.165) is 0 Å². The lowest BCUT2D eigenvalue weighted by atomic mass is 10.1. The number of rotatable bonds is 0. The Morgan fingerprint density at radius 2 is 1.90 bits per heavy atom. The Hall–Kier alpha value is -0.290. The minimum Gasteiger partial charge on any atom is -0.326 e. The van der Waals surface area contributed by atoms with Crippen molar-refractivity contribution < 1.29 is 13.2 Å². The van der Waals surface area contributed by atoms with Crippen LogP contribution in [0.15, 0.2) is 0 Å². The van der Waals surface area contributed by atoms with Gasteiger partial charge in [-0.25, -0.2) is 5.32 Å². The van der Waals surface area contributed by atoms with Crippen LogP contribution in [0.3, 0.4) is 0 Å². The summed E-state index contributed by atoms with van der Waals surface area (Å²) in [5.74, 6) is -1.41. The first-order valence-corrected chi connectivity index (χ1v) is 2.97. The van der Waals surface area contributed by atoms with Crippen LogP contribution in [0.4, 0.5) is 13.2 Å². The first-order valence-electron chi connectivity index (χ1n) is 2.97. The van der Waals surface area contributed by atoms with Gasteiger partial charge < -0.3 is 5.73 Å². The second kappa shape index (κ2) is 2.39. The van der Waals surface area contributed by atoms with E-state index in [0.29, 0.717) is 0 Å². The molecule has 0 aromatic carbocycles. The van der Waals surface area contributed by atoms with Gasteiger partial charge in [-0.15, -0.1) is 0 Å². The molecule has 1 aliphatic heterocycles. The molecule has 2 unspecified atom stereocenters. The Bertz CT molecular complexity index is 123. The third-order valence-corrected chi connectivity index (χ3v) is 1.60. The van der Waals surface area contributed by atoms with Gasteiger partial charge in [0, 0.05) is 19.1 Å². The number of nitrogens with two attached hydrogens (primary N) is 1. The second-order valence-corrected chi connectivity index (χ2v) is 2.40. The number of halogens is 3. The molecule has 0 aromatic rings. The maximum absolute atomic E-state index is 11.9. The normalized spacial score (nSPS) is 34.8. The van der Waals surface area contributed by atoms with Crippen LogP contribution < -0.4 is 11.1 Å². The van der Waals surface area contributed by atoms with Gasteiger partial charge in [-0.05, 0) is 0 Å². The monoisotopic (exact) mass is 153 g/mol. The highest BCUT2D eigenvalue weighted by atomic mass is 19.4. The van der Waals surface area contributed by atoms with Gasteiger partial charge in [0.05, 0.1) is 5.92 Å². The van der Waals surface area contributed by atoms with Crippen molar-refractivity contribution in [2.45, 2.75) is 12.2 Å². The molecule has 10 heavy (non-hydrogen) atoms. The Morgan fingerprint density at radius 1 is 1.30 bits per heavy atom. The molecule has 1 rings (SSSR count). The maximum Gasteiger partial charge on any atom is 0.394 e. The van der Waals surface area contributed by atoms with Crippen molar-refractivity contribution in [2.24, 2.45) is 11.7 Å². The average Bonchev–Trinajstić information content (AvgIpc) is 2.11. The Balaban J connectivity index is 2.55. The topological polar surface area (TPSA) is 40.1 Å². The van der Waals surface area contributed by atoms with Crippen LogP contribution in [-0.4, -0.2) is 25.3 Å². The van der Waals surface area contributed by atoms with Crippen LogP contribution in [0.2, 0.25) is 0 Å². The van der Waals surface area contributed by atoms with Crippen molar-refractivity contribution in [3.63, 3.8) is 0 Å². The van der Waals surface area contributed by atoms with E-state index in [4.69, 9.17) is 5.73 Å². The number of alkyl halides is 3. The zero-order valence-electron chi connectivity index (χ0n) is 5.23. The van der Waals surface area contributed by atoms with Crippen LogP contribution in [-0.2, 0) is 0 Å². The largest absolute Gasteiger partial charge is 0.394 e. The molecule has 1 saturated heterocycles. The molecule has 0 amide bonds. The molecule has 2 atom stereocenters. The molecule has 2 N–H and O–H groups in total. The SMILES string of the molecule is NC1C[N]CC1C(F)(F)F. The van der Waals surface area contributed by atoms with Gasteiger partial charge >= 0.3 is 6.18 Å². The predicted octanol–water partition coefficient (Wildman–Crippen LogP) is 0.110. The molecule has 1 radical (unpaired) electrons. The second-order valence-electron chi connectivity index (χ2n) is 2.40. The van der Waals surface area contributed by atoms with Gasteiger partial charge in [-0.1, -0.05) is 0 Å². The van der Waals surface area contributed by atoms with E-state index >= 15 is 0 Å². The summed E-state index contributed by atoms with van der Waals surface area (Å²) in [4.78, 5) is 0. The molecule has 0 saturated carbocycles. The van der Waals surface area contributed by atoms with Crippen molar-refractivity contribution in [1.82, 2.24) is 5.32 Å². The molecule has 2 nitrogen and oxygen atoms in total. The van der Waals surface area contributed by atoms with E-state index in [1.165, 1.54) is 0 Å². The summed E-state index contributed by atoms with van der Waals surface area (Å²) in [5.41, 5.74) is 5.15. The lowest BCUT2D eigenvalue weighted by Gasteiger charge is -2.16. The molecule has 1 heterocycles. The van der Waals surface area contributed by atoms with Crippen LogP contribution >= 0.6 is 0 Å².